The fraction of sp³-hybridized carbons (Fsp3) is 0.510. The quantitative estimate of drug-likeness (QED) is 0.0708. The standard InChI is InChI=1S/C49H66N10O7/c1-31(60)54-39(28-32-13-4-2-5-14-32)44(62)56-38-20-11-24-52-43(61)37(19-10-25-53-49(50)51)55-45(63)41(30-34-22-23-35-17-8-9-18-36(35)27-34)57-46(64)40(29-33-15-6-3-7-16-33)58-47(65)42-21-12-26-59(42)48(38)66/h2,4-5,8-9,13-14,17-18,22-23,27,33,37-42H,3,6-7,10-12,15-16,19-21,24-26,28-30H2,1H3,(H,52,61)(H,54,60)(H,55,63)(H,56,62)(H,57,64)(H,58,65)(H4,50,51,53)/t37-,38-,39-,40+,41-,42-/m0/s1. The summed E-state index contributed by atoms with van der Waals surface area (Å²) in [6.45, 7) is 1.83. The van der Waals surface area contributed by atoms with Crippen LogP contribution in [0.2, 0.25) is 0 Å². The number of nitrogens with one attached hydrogen (secondary N) is 6. The molecule has 66 heavy (non-hydrogen) atoms. The zero-order chi connectivity index (χ0) is 47.0. The zero-order valence-electron chi connectivity index (χ0n) is 37.9. The Morgan fingerprint density at radius 3 is 2.18 bits per heavy atom. The van der Waals surface area contributed by atoms with Gasteiger partial charge in [0.15, 0.2) is 5.96 Å². The number of amides is 7. The van der Waals surface area contributed by atoms with Gasteiger partial charge in [0.25, 0.3) is 0 Å². The van der Waals surface area contributed by atoms with E-state index in [2.05, 4.69) is 36.9 Å². The minimum atomic E-state index is -1.13. The van der Waals surface area contributed by atoms with Gasteiger partial charge >= 0.3 is 0 Å². The van der Waals surface area contributed by atoms with E-state index < -0.39 is 77.6 Å². The number of carbonyl (C=O) groups is 7. The lowest BCUT2D eigenvalue weighted by molar-refractivity contribution is -0.142. The maximum atomic E-state index is 14.6. The molecule has 3 aliphatic rings. The molecular formula is C49H66N10O7. The van der Waals surface area contributed by atoms with Gasteiger partial charge in [0, 0.05) is 39.4 Å². The normalized spacial score (nSPS) is 23.2. The number of nitrogens with two attached hydrogens (primary N) is 2. The van der Waals surface area contributed by atoms with Crippen LogP contribution in [0.25, 0.3) is 10.8 Å². The number of hydrogen-bond acceptors (Lipinski definition) is 8. The van der Waals surface area contributed by atoms with Crippen molar-refractivity contribution in [1.82, 2.24) is 36.8 Å². The smallest absolute Gasteiger partial charge is 0.245 e. The van der Waals surface area contributed by atoms with Crippen LogP contribution in [-0.4, -0.2) is 108 Å². The van der Waals surface area contributed by atoms with Crippen molar-refractivity contribution in [2.45, 2.75) is 133 Å². The summed E-state index contributed by atoms with van der Waals surface area (Å²) in [7, 11) is 0. The first-order valence-electron chi connectivity index (χ1n) is 23.5. The average Bonchev–Trinajstić information content (AvgIpc) is 3.80. The summed E-state index contributed by atoms with van der Waals surface area (Å²) in [5.74, 6) is -3.57. The van der Waals surface area contributed by atoms with Gasteiger partial charge in [0.05, 0.1) is 0 Å². The number of nitrogens with zero attached hydrogens (tertiary/aromatic N) is 2. The number of guanidine groups is 1. The van der Waals surface area contributed by atoms with Crippen molar-refractivity contribution in [3.63, 3.8) is 0 Å². The van der Waals surface area contributed by atoms with Crippen molar-refractivity contribution < 1.29 is 33.6 Å². The van der Waals surface area contributed by atoms with Gasteiger partial charge in [-0.15, -0.1) is 0 Å². The second-order valence-corrected chi connectivity index (χ2v) is 17.9. The molecule has 2 aliphatic heterocycles. The number of aliphatic imine (C=N–C) groups is 1. The molecule has 10 N–H and O–H groups in total. The first-order valence-corrected chi connectivity index (χ1v) is 23.5. The molecule has 7 amide bonds. The van der Waals surface area contributed by atoms with Crippen LogP contribution in [0.4, 0.5) is 0 Å². The molecular weight excluding hydrogens is 841 g/mol. The molecule has 0 aromatic heterocycles. The molecule has 3 aromatic carbocycles. The Bertz CT molecular complexity index is 2210. The number of rotatable bonds is 13. The lowest BCUT2D eigenvalue weighted by Gasteiger charge is -2.32. The Kier molecular flexibility index (Phi) is 17.9. The van der Waals surface area contributed by atoms with Crippen LogP contribution < -0.4 is 43.4 Å². The maximum Gasteiger partial charge on any atom is 0.245 e. The summed E-state index contributed by atoms with van der Waals surface area (Å²) in [5.41, 5.74) is 12.7. The molecule has 3 fully saturated rings. The van der Waals surface area contributed by atoms with E-state index in [4.69, 9.17) is 11.5 Å². The second kappa shape index (κ2) is 24.1. The summed E-state index contributed by atoms with van der Waals surface area (Å²) in [6, 6.07) is 16.5. The van der Waals surface area contributed by atoms with Gasteiger partial charge in [-0.05, 0) is 72.8 Å². The Morgan fingerprint density at radius 2 is 1.44 bits per heavy atom. The van der Waals surface area contributed by atoms with E-state index in [9.17, 15) is 33.6 Å². The third-order valence-corrected chi connectivity index (χ3v) is 12.8. The van der Waals surface area contributed by atoms with E-state index in [0.717, 1.165) is 54.0 Å². The minimum Gasteiger partial charge on any atom is -0.370 e. The van der Waals surface area contributed by atoms with E-state index in [0.29, 0.717) is 25.7 Å². The third-order valence-electron chi connectivity index (χ3n) is 12.8. The van der Waals surface area contributed by atoms with Crippen LogP contribution in [0, 0.1) is 5.92 Å². The third kappa shape index (κ3) is 14.2. The highest BCUT2D eigenvalue weighted by Gasteiger charge is 2.40. The summed E-state index contributed by atoms with van der Waals surface area (Å²) >= 11 is 0. The molecule has 0 spiro atoms. The summed E-state index contributed by atoms with van der Waals surface area (Å²) < 4.78 is 0. The van der Waals surface area contributed by atoms with Crippen LogP contribution in [0.3, 0.4) is 0 Å². The van der Waals surface area contributed by atoms with E-state index in [1.807, 2.05) is 72.8 Å². The molecule has 6 rings (SSSR count). The number of benzene rings is 3. The molecule has 1 aliphatic carbocycles. The van der Waals surface area contributed by atoms with Gasteiger partial charge in [0.1, 0.15) is 36.3 Å². The zero-order valence-corrected chi connectivity index (χ0v) is 37.9. The van der Waals surface area contributed by atoms with E-state index in [-0.39, 0.29) is 63.6 Å². The van der Waals surface area contributed by atoms with Gasteiger partial charge in [-0.1, -0.05) is 105 Å². The summed E-state index contributed by atoms with van der Waals surface area (Å²) in [6.07, 6.45) is 7.12. The molecule has 2 heterocycles. The Labute approximate surface area is 386 Å². The highest BCUT2D eigenvalue weighted by molar-refractivity contribution is 5.97. The number of fused-ring (bicyclic) bond motifs is 2. The number of carbonyl (C=O) groups excluding carboxylic acids is 7. The molecule has 0 bridgehead atoms. The van der Waals surface area contributed by atoms with Crippen molar-refractivity contribution in [2.75, 3.05) is 19.6 Å². The topological polar surface area (TPSA) is 259 Å². The van der Waals surface area contributed by atoms with Crippen molar-refractivity contribution in [1.29, 1.82) is 0 Å². The Balaban J connectivity index is 1.31. The lowest BCUT2D eigenvalue weighted by Crippen LogP contribution is -2.60. The summed E-state index contributed by atoms with van der Waals surface area (Å²) in [4.78, 5) is 104. The lowest BCUT2D eigenvalue weighted by atomic mass is 9.84. The SMILES string of the molecule is CC(=O)N[C@@H](Cc1ccccc1)C(=O)N[C@H]1CCCNC(=O)[C@H](CCCN=C(N)N)NC(=O)[C@H](Cc2ccc3ccccc3c2)NC(=O)[C@@H](CC2CCCCC2)NC(=O)[C@@H]2CCCN2C1=O. The van der Waals surface area contributed by atoms with E-state index in [1.165, 1.54) is 11.8 Å². The Hall–Kier alpha value is -6.52. The molecule has 3 aromatic rings. The van der Waals surface area contributed by atoms with E-state index in [1.54, 1.807) is 0 Å². The van der Waals surface area contributed by atoms with Gasteiger partial charge in [-0.3, -0.25) is 38.6 Å². The van der Waals surface area contributed by atoms with E-state index >= 15 is 0 Å². The van der Waals surface area contributed by atoms with Gasteiger partial charge in [-0.2, -0.15) is 0 Å². The predicted octanol–water partition coefficient (Wildman–Crippen LogP) is 1.99. The highest BCUT2D eigenvalue weighted by atomic mass is 16.2. The van der Waals surface area contributed by atoms with Crippen LogP contribution in [0.15, 0.2) is 77.8 Å². The highest BCUT2D eigenvalue weighted by Crippen LogP contribution is 2.28. The summed E-state index contributed by atoms with van der Waals surface area (Å²) in [5, 5.41) is 19.3. The van der Waals surface area contributed by atoms with Gasteiger partial charge < -0.3 is 48.3 Å². The Morgan fingerprint density at radius 1 is 0.742 bits per heavy atom. The van der Waals surface area contributed by atoms with Crippen LogP contribution in [0.5, 0.6) is 0 Å². The van der Waals surface area contributed by atoms with Crippen LogP contribution in [0.1, 0.15) is 95.1 Å². The molecule has 17 heteroatoms. The first kappa shape index (κ1) is 48.9. The van der Waals surface area contributed by atoms with Crippen molar-refractivity contribution >= 4 is 58.1 Å². The molecule has 17 nitrogen and oxygen atoms in total. The molecule has 2 saturated heterocycles. The first-order chi connectivity index (χ1) is 31.8. The fourth-order valence-electron chi connectivity index (χ4n) is 9.36. The van der Waals surface area contributed by atoms with Crippen LogP contribution >= 0.6 is 0 Å². The average molecular weight is 907 g/mol. The monoisotopic (exact) mass is 907 g/mol. The molecule has 6 atom stereocenters. The van der Waals surface area contributed by atoms with Gasteiger partial charge in [-0.25, -0.2) is 0 Å². The molecule has 0 radical (unpaired) electrons. The molecule has 0 unspecified atom stereocenters. The van der Waals surface area contributed by atoms with Crippen molar-refractivity contribution in [2.24, 2.45) is 22.4 Å². The molecule has 1 saturated carbocycles. The second-order valence-electron chi connectivity index (χ2n) is 17.9. The van der Waals surface area contributed by atoms with Crippen LogP contribution in [-0.2, 0) is 46.4 Å². The largest absolute Gasteiger partial charge is 0.370 e. The minimum absolute atomic E-state index is 0.0713. The fourth-order valence-corrected chi connectivity index (χ4v) is 9.36. The number of hydrogen-bond donors (Lipinski definition) is 8. The van der Waals surface area contributed by atoms with Crippen molar-refractivity contribution in [3.8, 4) is 0 Å². The van der Waals surface area contributed by atoms with Gasteiger partial charge in [0.2, 0.25) is 41.4 Å². The van der Waals surface area contributed by atoms with Crippen molar-refractivity contribution in [3.05, 3.63) is 83.9 Å². The molecule has 354 valence electrons. The maximum absolute atomic E-state index is 14.6. The predicted molar refractivity (Wildman–Crippen MR) is 251 cm³/mol.